The molecule has 0 aromatic carbocycles. The highest BCUT2D eigenvalue weighted by Crippen LogP contribution is 2.08. The number of rotatable bonds is 16. The highest BCUT2D eigenvalue weighted by molar-refractivity contribution is 5.78. The molecule has 0 aromatic heterocycles. The van der Waals surface area contributed by atoms with Crippen LogP contribution in [0, 0.1) is 0 Å². The number of piperazine rings is 2. The van der Waals surface area contributed by atoms with Gasteiger partial charge in [0.2, 0.25) is 5.91 Å². The van der Waals surface area contributed by atoms with Crippen LogP contribution in [0.2, 0.25) is 0 Å². The van der Waals surface area contributed by atoms with Crippen LogP contribution in [0.1, 0.15) is 65.2 Å². The van der Waals surface area contributed by atoms with E-state index in [1.54, 1.807) is 0 Å². The molecule has 32 heavy (non-hydrogen) atoms. The Morgan fingerprint density at radius 2 is 1.06 bits per heavy atom. The van der Waals surface area contributed by atoms with Crippen molar-refractivity contribution in [2.24, 2.45) is 0 Å². The van der Waals surface area contributed by atoms with Gasteiger partial charge < -0.3 is 24.9 Å². The van der Waals surface area contributed by atoms with Crippen molar-refractivity contribution in [3.8, 4) is 0 Å². The maximum absolute atomic E-state index is 12.1. The van der Waals surface area contributed by atoms with E-state index in [9.17, 15) is 9.59 Å². The van der Waals surface area contributed by atoms with Crippen molar-refractivity contribution in [1.29, 1.82) is 0 Å². The zero-order chi connectivity index (χ0) is 23.0. The first-order valence-corrected chi connectivity index (χ1v) is 13.3. The molecule has 0 unspecified atom stereocenters. The molecule has 1 N–H and O–H groups in total. The molecule has 2 rings (SSSR count). The van der Waals surface area contributed by atoms with Crippen molar-refractivity contribution < 1.29 is 9.59 Å². The number of carbonyl (C=O) groups excluding carboxylic acids is 2. The molecule has 186 valence electrons. The lowest BCUT2D eigenvalue weighted by molar-refractivity contribution is -0.121. The Labute approximate surface area is 196 Å². The van der Waals surface area contributed by atoms with Gasteiger partial charge in [0, 0.05) is 91.3 Å². The Kier molecular flexibility index (Phi) is 14.1. The number of nitrogens with one attached hydrogen (secondary N) is 1. The van der Waals surface area contributed by atoms with Crippen molar-refractivity contribution >= 4 is 11.7 Å². The van der Waals surface area contributed by atoms with Gasteiger partial charge in [0.05, 0.1) is 0 Å². The lowest BCUT2D eigenvalue weighted by Gasteiger charge is -2.33. The predicted octanol–water partition coefficient (Wildman–Crippen LogP) is 2.07. The molecule has 2 aliphatic rings. The van der Waals surface area contributed by atoms with Crippen LogP contribution < -0.4 is 5.32 Å². The Morgan fingerprint density at radius 3 is 1.62 bits per heavy atom. The highest BCUT2D eigenvalue weighted by atomic mass is 16.1. The first kappa shape index (κ1) is 27.2. The maximum Gasteiger partial charge on any atom is 0.221 e. The summed E-state index contributed by atoms with van der Waals surface area (Å²) >= 11 is 0. The first-order chi connectivity index (χ1) is 15.6. The molecule has 2 fully saturated rings. The smallest absolute Gasteiger partial charge is 0.221 e. The van der Waals surface area contributed by atoms with E-state index in [2.05, 4.69) is 38.8 Å². The van der Waals surface area contributed by atoms with E-state index in [4.69, 9.17) is 0 Å². The SMILES string of the molecule is CCN1CCN(CCC(=O)CCCCCCCNC(=O)CCN2CCN(CC)CC2)CC1. The Bertz CT molecular complexity index is 468. The summed E-state index contributed by atoms with van der Waals surface area (Å²) in [5.74, 6) is 0.607. The molecule has 0 bridgehead atoms. The van der Waals surface area contributed by atoms with Gasteiger partial charge in [-0.1, -0.05) is 33.1 Å². The monoisotopic (exact) mass is 451 g/mol. The van der Waals surface area contributed by atoms with E-state index in [1.807, 2.05) is 0 Å². The third-order valence-corrected chi connectivity index (χ3v) is 7.14. The molecule has 7 nitrogen and oxygen atoms in total. The molecular formula is C25H49N5O2. The van der Waals surface area contributed by atoms with E-state index in [0.717, 1.165) is 124 Å². The van der Waals surface area contributed by atoms with E-state index in [0.29, 0.717) is 18.6 Å². The molecule has 7 heteroatoms. The normalized spacial score (nSPS) is 19.3. The molecule has 0 aliphatic carbocycles. The molecule has 2 aliphatic heterocycles. The maximum atomic E-state index is 12.1. The Morgan fingerprint density at radius 1 is 0.594 bits per heavy atom. The van der Waals surface area contributed by atoms with Gasteiger partial charge in [-0.15, -0.1) is 0 Å². The van der Waals surface area contributed by atoms with Crippen molar-refractivity contribution in [2.45, 2.75) is 65.2 Å². The second kappa shape index (κ2) is 16.6. The molecule has 0 spiro atoms. The lowest BCUT2D eigenvalue weighted by Crippen LogP contribution is -2.47. The minimum Gasteiger partial charge on any atom is -0.356 e. The van der Waals surface area contributed by atoms with Gasteiger partial charge in [-0.2, -0.15) is 0 Å². The van der Waals surface area contributed by atoms with E-state index in [1.165, 1.54) is 0 Å². The molecule has 0 radical (unpaired) electrons. The summed E-state index contributed by atoms with van der Waals surface area (Å²) in [7, 11) is 0. The number of hydrogen-bond donors (Lipinski definition) is 1. The fourth-order valence-electron chi connectivity index (χ4n) is 4.62. The number of carbonyl (C=O) groups is 2. The summed E-state index contributed by atoms with van der Waals surface area (Å²) in [5.41, 5.74) is 0. The van der Waals surface area contributed by atoms with E-state index in [-0.39, 0.29) is 5.91 Å². The quantitative estimate of drug-likeness (QED) is 0.363. The van der Waals surface area contributed by atoms with Crippen LogP contribution in [0.5, 0.6) is 0 Å². The topological polar surface area (TPSA) is 59.1 Å². The van der Waals surface area contributed by atoms with Crippen LogP contribution in [0.4, 0.5) is 0 Å². The molecule has 0 saturated carbocycles. The average Bonchev–Trinajstić information content (AvgIpc) is 2.83. The highest BCUT2D eigenvalue weighted by Gasteiger charge is 2.17. The van der Waals surface area contributed by atoms with Crippen LogP contribution in [0.25, 0.3) is 0 Å². The Hall–Kier alpha value is -1.02. The summed E-state index contributed by atoms with van der Waals surface area (Å²) < 4.78 is 0. The summed E-state index contributed by atoms with van der Waals surface area (Å²) in [6, 6.07) is 0. The van der Waals surface area contributed by atoms with Crippen LogP contribution in [0.3, 0.4) is 0 Å². The van der Waals surface area contributed by atoms with Crippen LogP contribution in [0.15, 0.2) is 0 Å². The third-order valence-electron chi connectivity index (χ3n) is 7.14. The van der Waals surface area contributed by atoms with Gasteiger partial charge in [0.1, 0.15) is 5.78 Å². The summed E-state index contributed by atoms with van der Waals surface area (Å²) in [5, 5.41) is 3.07. The average molecular weight is 452 g/mol. The minimum absolute atomic E-state index is 0.185. The number of ketones is 1. The van der Waals surface area contributed by atoms with Crippen molar-refractivity contribution in [3.05, 3.63) is 0 Å². The van der Waals surface area contributed by atoms with Crippen molar-refractivity contribution in [3.63, 3.8) is 0 Å². The van der Waals surface area contributed by atoms with Crippen molar-refractivity contribution in [1.82, 2.24) is 24.9 Å². The number of unbranched alkanes of at least 4 members (excludes halogenated alkanes) is 4. The van der Waals surface area contributed by atoms with Crippen LogP contribution in [-0.2, 0) is 9.59 Å². The summed E-state index contributed by atoms with van der Waals surface area (Å²) in [6.07, 6.45) is 7.53. The largest absolute Gasteiger partial charge is 0.356 e. The number of likely N-dealkylation sites (N-methyl/N-ethyl adjacent to an activating group) is 2. The second-order valence-electron chi connectivity index (χ2n) is 9.46. The fraction of sp³-hybridized carbons (Fsp3) is 0.920. The fourth-order valence-corrected chi connectivity index (χ4v) is 4.62. The number of nitrogens with zero attached hydrogens (tertiary/aromatic N) is 4. The Balaban J connectivity index is 1.34. The van der Waals surface area contributed by atoms with Crippen LogP contribution >= 0.6 is 0 Å². The predicted molar refractivity (Wildman–Crippen MR) is 132 cm³/mol. The summed E-state index contributed by atoms with van der Waals surface area (Å²) in [4.78, 5) is 33.9. The standard InChI is InChI=1S/C25H49N5O2/c1-3-27-16-20-29(21-17-27)14-11-24(31)10-8-6-5-7-9-13-26-25(32)12-15-30-22-18-28(4-2)19-23-30/h3-23H2,1-2H3,(H,26,32). The van der Waals surface area contributed by atoms with Gasteiger partial charge in [-0.25, -0.2) is 0 Å². The van der Waals surface area contributed by atoms with Crippen LogP contribution in [-0.4, -0.2) is 116 Å². The van der Waals surface area contributed by atoms with E-state index >= 15 is 0 Å². The molecule has 1 amide bonds. The summed E-state index contributed by atoms with van der Waals surface area (Å²) in [6.45, 7) is 18.2. The van der Waals surface area contributed by atoms with E-state index < -0.39 is 0 Å². The third kappa shape index (κ3) is 11.7. The molecule has 2 heterocycles. The minimum atomic E-state index is 0.185. The molecular weight excluding hydrogens is 402 g/mol. The van der Waals surface area contributed by atoms with Gasteiger partial charge in [0.15, 0.2) is 0 Å². The van der Waals surface area contributed by atoms with Gasteiger partial charge >= 0.3 is 0 Å². The number of Topliss-reactive ketones (excluding diaryl/α,β-unsaturated/α-hetero) is 1. The zero-order valence-electron chi connectivity index (χ0n) is 21.0. The number of hydrogen-bond acceptors (Lipinski definition) is 6. The van der Waals surface area contributed by atoms with Gasteiger partial charge in [-0.3, -0.25) is 9.59 Å². The molecule has 0 aromatic rings. The lowest BCUT2D eigenvalue weighted by atomic mass is 10.1. The van der Waals surface area contributed by atoms with Gasteiger partial charge in [-0.05, 0) is 25.9 Å². The molecule has 0 atom stereocenters. The molecule has 2 saturated heterocycles. The second-order valence-corrected chi connectivity index (χ2v) is 9.46. The van der Waals surface area contributed by atoms with Crippen molar-refractivity contribution in [2.75, 3.05) is 85.1 Å². The van der Waals surface area contributed by atoms with Gasteiger partial charge in [0.25, 0.3) is 0 Å². The zero-order valence-corrected chi connectivity index (χ0v) is 21.0. The first-order valence-electron chi connectivity index (χ1n) is 13.3. The number of amides is 1.